The maximum atomic E-state index is 10.5. The molecular weight excluding hydrogens is 258 g/mol. The monoisotopic (exact) mass is 277 g/mol. The van der Waals surface area contributed by atoms with Crippen molar-refractivity contribution in [1.29, 1.82) is 5.26 Å². The van der Waals surface area contributed by atoms with Gasteiger partial charge in [0.05, 0.1) is 17.7 Å². The summed E-state index contributed by atoms with van der Waals surface area (Å²) in [7, 11) is 0. The number of aliphatic hydroxyl groups is 1. The Balaban J connectivity index is 1.76. The minimum atomic E-state index is -0.464. The van der Waals surface area contributed by atoms with Crippen LogP contribution in [0.4, 0.5) is 0 Å². The molecule has 0 heterocycles. The topological polar surface area (TPSA) is 44.0 Å². The highest BCUT2D eigenvalue weighted by Crippen LogP contribution is 2.37. The summed E-state index contributed by atoms with van der Waals surface area (Å²) in [6.07, 6.45) is 3.78. The van der Waals surface area contributed by atoms with Crippen molar-refractivity contribution < 1.29 is 5.11 Å². The number of benzene rings is 2. The second-order valence-electron chi connectivity index (χ2n) is 5.77. The first-order chi connectivity index (χ1) is 10.3. The number of hydrogen-bond donors (Lipinski definition) is 1. The third kappa shape index (κ3) is 2.99. The summed E-state index contributed by atoms with van der Waals surface area (Å²) in [5.41, 5.74) is 4.36. The molecule has 106 valence electrons. The third-order valence-electron chi connectivity index (χ3n) is 4.43. The molecule has 2 unspecified atom stereocenters. The molecule has 0 aromatic heterocycles. The van der Waals surface area contributed by atoms with Crippen molar-refractivity contribution in [2.24, 2.45) is 0 Å². The number of aryl methyl sites for hydroxylation is 1. The molecule has 0 bridgehead atoms. The van der Waals surface area contributed by atoms with Crippen LogP contribution in [0.25, 0.3) is 0 Å². The molecule has 1 aliphatic rings. The van der Waals surface area contributed by atoms with Crippen molar-refractivity contribution >= 4 is 0 Å². The molecule has 0 radical (unpaired) electrons. The van der Waals surface area contributed by atoms with Crippen molar-refractivity contribution in [3.05, 3.63) is 70.8 Å². The number of nitriles is 1. The first-order valence-electron chi connectivity index (χ1n) is 7.54. The van der Waals surface area contributed by atoms with Crippen LogP contribution in [0.2, 0.25) is 0 Å². The van der Waals surface area contributed by atoms with Gasteiger partial charge < -0.3 is 5.11 Å². The van der Waals surface area contributed by atoms with Gasteiger partial charge in [0.25, 0.3) is 0 Å². The first kappa shape index (κ1) is 13.9. The first-order valence-corrected chi connectivity index (χ1v) is 7.54. The fourth-order valence-corrected chi connectivity index (χ4v) is 3.28. The number of hydrogen-bond acceptors (Lipinski definition) is 2. The van der Waals surface area contributed by atoms with E-state index in [1.54, 1.807) is 12.1 Å². The Hall–Kier alpha value is -2.11. The van der Waals surface area contributed by atoms with Crippen LogP contribution in [0, 0.1) is 11.3 Å². The highest BCUT2D eigenvalue weighted by Gasteiger charge is 2.23. The van der Waals surface area contributed by atoms with Gasteiger partial charge in [-0.05, 0) is 60.4 Å². The number of fused-ring (bicyclic) bond motifs is 1. The summed E-state index contributed by atoms with van der Waals surface area (Å²) >= 11 is 0. The quantitative estimate of drug-likeness (QED) is 0.917. The Morgan fingerprint density at radius 2 is 1.90 bits per heavy atom. The van der Waals surface area contributed by atoms with Crippen molar-refractivity contribution in [3.63, 3.8) is 0 Å². The predicted molar refractivity (Wildman–Crippen MR) is 82.9 cm³/mol. The molecule has 2 nitrogen and oxygen atoms in total. The average molecular weight is 277 g/mol. The molecule has 2 aromatic rings. The van der Waals surface area contributed by atoms with Crippen LogP contribution in [0.5, 0.6) is 0 Å². The zero-order chi connectivity index (χ0) is 14.7. The van der Waals surface area contributed by atoms with E-state index >= 15 is 0 Å². The molecule has 2 aromatic carbocycles. The Labute approximate surface area is 125 Å². The minimum Gasteiger partial charge on any atom is -0.388 e. The Bertz CT molecular complexity index is 654. The van der Waals surface area contributed by atoms with Crippen LogP contribution in [0.15, 0.2) is 48.5 Å². The lowest BCUT2D eigenvalue weighted by atomic mass is 9.79. The minimum absolute atomic E-state index is 0.431. The Morgan fingerprint density at radius 3 is 2.67 bits per heavy atom. The molecule has 0 saturated carbocycles. The summed E-state index contributed by atoms with van der Waals surface area (Å²) in [5.74, 6) is 0.431. The lowest BCUT2D eigenvalue weighted by Gasteiger charge is -2.27. The molecule has 3 rings (SSSR count). The van der Waals surface area contributed by atoms with Crippen molar-refractivity contribution in [3.8, 4) is 6.07 Å². The van der Waals surface area contributed by atoms with E-state index < -0.39 is 6.10 Å². The van der Waals surface area contributed by atoms with Gasteiger partial charge in [-0.15, -0.1) is 0 Å². The van der Waals surface area contributed by atoms with Crippen LogP contribution in [0.1, 0.15) is 53.5 Å². The summed E-state index contributed by atoms with van der Waals surface area (Å²) in [6.45, 7) is 0. The lowest BCUT2D eigenvalue weighted by Crippen LogP contribution is -2.13. The molecule has 1 N–H and O–H groups in total. The van der Waals surface area contributed by atoms with Crippen molar-refractivity contribution in [1.82, 2.24) is 0 Å². The standard InChI is InChI=1S/C19H19NO/c20-13-14-8-10-16(11-9-14)19(21)12-17-6-3-5-15-4-1-2-7-18(15)17/h1-2,4,7-11,17,19,21H,3,5-6,12H2. The smallest absolute Gasteiger partial charge is 0.0991 e. The van der Waals surface area contributed by atoms with Crippen LogP contribution in [-0.2, 0) is 6.42 Å². The van der Waals surface area contributed by atoms with Gasteiger partial charge in [-0.3, -0.25) is 0 Å². The van der Waals surface area contributed by atoms with E-state index in [1.807, 2.05) is 12.1 Å². The van der Waals surface area contributed by atoms with Crippen molar-refractivity contribution in [2.45, 2.75) is 37.7 Å². The van der Waals surface area contributed by atoms with E-state index in [9.17, 15) is 5.11 Å². The second-order valence-corrected chi connectivity index (χ2v) is 5.77. The molecular formula is C19H19NO. The summed E-state index contributed by atoms with van der Waals surface area (Å²) in [6, 6.07) is 18.0. The Kier molecular flexibility index (Phi) is 4.03. The molecule has 0 amide bonds. The van der Waals surface area contributed by atoms with Crippen molar-refractivity contribution in [2.75, 3.05) is 0 Å². The molecule has 2 heteroatoms. The SMILES string of the molecule is N#Cc1ccc(C(O)CC2CCCc3ccccc32)cc1. The zero-order valence-electron chi connectivity index (χ0n) is 12.0. The fourth-order valence-electron chi connectivity index (χ4n) is 3.28. The van der Waals surface area contributed by atoms with Crippen LogP contribution in [-0.4, -0.2) is 5.11 Å². The van der Waals surface area contributed by atoms with Gasteiger partial charge in [-0.25, -0.2) is 0 Å². The van der Waals surface area contributed by atoms with E-state index in [0.717, 1.165) is 24.8 Å². The normalized spacial score (nSPS) is 18.6. The van der Waals surface area contributed by atoms with E-state index in [0.29, 0.717) is 11.5 Å². The maximum Gasteiger partial charge on any atom is 0.0991 e. The van der Waals surface area contributed by atoms with E-state index in [2.05, 4.69) is 30.3 Å². The van der Waals surface area contributed by atoms with Crippen LogP contribution < -0.4 is 0 Å². The number of rotatable bonds is 3. The van der Waals surface area contributed by atoms with E-state index in [-0.39, 0.29) is 0 Å². The van der Waals surface area contributed by atoms with E-state index in [1.165, 1.54) is 17.5 Å². The molecule has 0 spiro atoms. The van der Waals surface area contributed by atoms with Gasteiger partial charge >= 0.3 is 0 Å². The van der Waals surface area contributed by atoms with Gasteiger partial charge in [0, 0.05) is 0 Å². The number of nitrogens with zero attached hydrogens (tertiary/aromatic N) is 1. The molecule has 0 saturated heterocycles. The molecule has 0 fully saturated rings. The molecule has 21 heavy (non-hydrogen) atoms. The van der Waals surface area contributed by atoms with Crippen LogP contribution in [0.3, 0.4) is 0 Å². The lowest BCUT2D eigenvalue weighted by molar-refractivity contribution is 0.154. The largest absolute Gasteiger partial charge is 0.388 e. The highest BCUT2D eigenvalue weighted by molar-refractivity contribution is 5.35. The van der Waals surface area contributed by atoms with Gasteiger partial charge in [0.15, 0.2) is 0 Å². The van der Waals surface area contributed by atoms with Gasteiger partial charge in [0.2, 0.25) is 0 Å². The third-order valence-corrected chi connectivity index (χ3v) is 4.43. The summed E-state index contributed by atoms with van der Waals surface area (Å²) < 4.78 is 0. The number of aliphatic hydroxyl groups excluding tert-OH is 1. The maximum absolute atomic E-state index is 10.5. The summed E-state index contributed by atoms with van der Waals surface area (Å²) in [4.78, 5) is 0. The Morgan fingerprint density at radius 1 is 1.14 bits per heavy atom. The molecule has 2 atom stereocenters. The summed E-state index contributed by atoms with van der Waals surface area (Å²) in [5, 5.41) is 19.3. The highest BCUT2D eigenvalue weighted by atomic mass is 16.3. The second kappa shape index (κ2) is 6.11. The molecule has 0 aliphatic heterocycles. The van der Waals surface area contributed by atoms with Crippen LogP contribution >= 0.6 is 0 Å². The predicted octanol–water partition coefficient (Wildman–Crippen LogP) is 4.10. The van der Waals surface area contributed by atoms with Gasteiger partial charge in [-0.1, -0.05) is 36.4 Å². The average Bonchev–Trinajstić information content (AvgIpc) is 2.55. The van der Waals surface area contributed by atoms with Gasteiger partial charge in [-0.2, -0.15) is 5.26 Å². The van der Waals surface area contributed by atoms with E-state index in [4.69, 9.17) is 5.26 Å². The fraction of sp³-hybridized carbons (Fsp3) is 0.316. The van der Waals surface area contributed by atoms with Gasteiger partial charge in [0.1, 0.15) is 0 Å². The zero-order valence-corrected chi connectivity index (χ0v) is 12.0. The molecule has 1 aliphatic carbocycles.